The molecule has 1 aromatic carbocycles. The minimum absolute atomic E-state index is 0.147. The van der Waals surface area contributed by atoms with Crippen LogP contribution in [0.15, 0.2) is 30.5 Å². The molecule has 18 heavy (non-hydrogen) atoms. The van der Waals surface area contributed by atoms with Gasteiger partial charge < -0.3 is 10.5 Å². The van der Waals surface area contributed by atoms with Crippen molar-refractivity contribution in [3.63, 3.8) is 0 Å². The van der Waals surface area contributed by atoms with E-state index in [1.807, 2.05) is 6.92 Å². The molecule has 1 aromatic heterocycles. The van der Waals surface area contributed by atoms with Gasteiger partial charge in [-0.2, -0.15) is 0 Å². The number of benzene rings is 1. The fraction of sp³-hybridized carbons (Fsp3) is 0.333. The third-order valence-electron chi connectivity index (χ3n) is 2.44. The van der Waals surface area contributed by atoms with Crippen LogP contribution in [0.3, 0.4) is 0 Å². The van der Waals surface area contributed by atoms with E-state index >= 15 is 0 Å². The molecule has 1 atom stereocenters. The number of hydrogen-bond donors (Lipinski definition) is 1. The standard InChI is InChI=1S/C12H15FN4O/c1-9(14)11-8-17(16-15-11)6-7-18-12-5-3-2-4-10(12)13/h2-5,8-9H,6-7,14H2,1H3. The summed E-state index contributed by atoms with van der Waals surface area (Å²) in [6.07, 6.45) is 1.76. The van der Waals surface area contributed by atoms with E-state index in [0.717, 1.165) is 5.69 Å². The van der Waals surface area contributed by atoms with E-state index in [9.17, 15) is 4.39 Å². The average molecular weight is 250 g/mol. The van der Waals surface area contributed by atoms with Crippen LogP contribution in [0.25, 0.3) is 0 Å². The van der Waals surface area contributed by atoms with Crippen molar-refractivity contribution in [1.82, 2.24) is 15.0 Å². The second-order valence-electron chi connectivity index (χ2n) is 3.97. The SMILES string of the molecule is CC(N)c1cn(CCOc2ccccc2F)nn1. The maximum Gasteiger partial charge on any atom is 0.165 e. The Kier molecular flexibility index (Phi) is 3.88. The molecule has 2 N–H and O–H groups in total. The summed E-state index contributed by atoms with van der Waals surface area (Å²) in [5.74, 6) is -0.127. The predicted molar refractivity (Wildman–Crippen MR) is 64.5 cm³/mol. The Balaban J connectivity index is 1.87. The van der Waals surface area contributed by atoms with Gasteiger partial charge in [0, 0.05) is 6.04 Å². The van der Waals surface area contributed by atoms with Crippen LogP contribution >= 0.6 is 0 Å². The third-order valence-corrected chi connectivity index (χ3v) is 2.44. The molecule has 0 fully saturated rings. The monoisotopic (exact) mass is 250 g/mol. The van der Waals surface area contributed by atoms with E-state index in [1.54, 1.807) is 29.1 Å². The molecule has 0 spiro atoms. The predicted octanol–water partition coefficient (Wildman–Crippen LogP) is 1.52. The van der Waals surface area contributed by atoms with E-state index in [0.29, 0.717) is 13.2 Å². The van der Waals surface area contributed by atoms with E-state index in [1.165, 1.54) is 6.07 Å². The van der Waals surface area contributed by atoms with Crippen molar-refractivity contribution in [1.29, 1.82) is 0 Å². The maximum absolute atomic E-state index is 13.2. The Morgan fingerprint density at radius 1 is 1.44 bits per heavy atom. The minimum Gasteiger partial charge on any atom is -0.489 e. The molecule has 1 heterocycles. The maximum atomic E-state index is 13.2. The summed E-state index contributed by atoms with van der Waals surface area (Å²) in [6.45, 7) is 2.65. The van der Waals surface area contributed by atoms with Gasteiger partial charge in [0.05, 0.1) is 18.4 Å². The topological polar surface area (TPSA) is 66.0 Å². The summed E-state index contributed by atoms with van der Waals surface area (Å²) in [5, 5.41) is 7.82. The molecule has 96 valence electrons. The van der Waals surface area contributed by atoms with E-state index in [4.69, 9.17) is 10.5 Å². The van der Waals surface area contributed by atoms with E-state index in [2.05, 4.69) is 10.3 Å². The first-order valence-corrected chi connectivity index (χ1v) is 5.70. The smallest absolute Gasteiger partial charge is 0.165 e. The van der Waals surface area contributed by atoms with Crippen molar-refractivity contribution < 1.29 is 9.13 Å². The molecule has 0 amide bonds. The zero-order valence-electron chi connectivity index (χ0n) is 10.1. The number of rotatable bonds is 5. The molecular formula is C12H15FN4O. The first-order chi connectivity index (χ1) is 8.66. The van der Waals surface area contributed by atoms with Gasteiger partial charge in [0.15, 0.2) is 11.6 Å². The molecule has 0 saturated heterocycles. The Morgan fingerprint density at radius 2 is 2.22 bits per heavy atom. The molecule has 0 aliphatic rings. The summed E-state index contributed by atoms with van der Waals surface area (Å²) in [7, 11) is 0. The lowest BCUT2D eigenvalue weighted by atomic mass is 10.3. The normalized spacial score (nSPS) is 12.4. The second-order valence-corrected chi connectivity index (χ2v) is 3.97. The quantitative estimate of drug-likeness (QED) is 0.873. The number of nitrogens with zero attached hydrogens (tertiary/aromatic N) is 3. The summed E-state index contributed by atoms with van der Waals surface area (Å²) >= 11 is 0. The van der Waals surface area contributed by atoms with Gasteiger partial charge in [-0.15, -0.1) is 5.10 Å². The van der Waals surface area contributed by atoms with Crippen LogP contribution in [0.1, 0.15) is 18.7 Å². The molecule has 6 heteroatoms. The lowest BCUT2D eigenvalue weighted by molar-refractivity contribution is 0.277. The van der Waals surface area contributed by atoms with Crippen molar-refractivity contribution >= 4 is 0 Å². The second kappa shape index (κ2) is 5.59. The zero-order valence-corrected chi connectivity index (χ0v) is 10.1. The van der Waals surface area contributed by atoms with Gasteiger partial charge in [-0.25, -0.2) is 9.07 Å². The van der Waals surface area contributed by atoms with Crippen molar-refractivity contribution in [2.45, 2.75) is 19.5 Å². The van der Waals surface area contributed by atoms with Gasteiger partial charge in [0.1, 0.15) is 6.61 Å². The number of hydrogen-bond acceptors (Lipinski definition) is 4. The highest BCUT2D eigenvalue weighted by atomic mass is 19.1. The van der Waals surface area contributed by atoms with Gasteiger partial charge in [0.2, 0.25) is 0 Å². The largest absolute Gasteiger partial charge is 0.489 e. The van der Waals surface area contributed by atoms with Gasteiger partial charge in [-0.3, -0.25) is 0 Å². The van der Waals surface area contributed by atoms with E-state index < -0.39 is 0 Å². The van der Waals surface area contributed by atoms with Gasteiger partial charge in [-0.1, -0.05) is 17.3 Å². The number of para-hydroxylation sites is 1. The van der Waals surface area contributed by atoms with Gasteiger partial charge >= 0.3 is 0 Å². The Labute approximate surface area is 104 Å². The lowest BCUT2D eigenvalue weighted by Gasteiger charge is -2.06. The minimum atomic E-state index is -0.368. The first kappa shape index (κ1) is 12.5. The van der Waals surface area contributed by atoms with Crippen molar-refractivity contribution in [3.05, 3.63) is 42.0 Å². The molecule has 0 bridgehead atoms. The van der Waals surface area contributed by atoms with E-state index in [-0.39, 0.29) is 17.6 Å². The zero-order chi connectivity index (χ0) is 13.0. The summed E-state index contributed by atoms with van der Waals surface area (Å²) < 4.78 is 20.2. The number of halogens is 1. The lowest BCUT2D eigenvalue weighted by Crippen LogP contribution is -2.09. The Hall–Kier alpha value is -1.95. The third kappa shape index (κ3) is 3.04. The number of aromatic nitrogens is 3. The number of ether oxygens (including phenoxy) is 1. The molecule has 0 aliphatic heterocycles. The van der Waals surface area contributed by atoms with Crippen molar-refractivity contribution in [3.8, 4) is 5.75 Å². The fourth-order valence-electron chi connectivity index (χ4n) is 1.44. The summed E-state index contributed by atoms with van der Waals surface area (Å²) in [6, 6.07) is 6.14. The van der Waals surface area contributed by atoms with Gasteiger partial charge in [-0.05, 0) is 19.1 Å². The molecule has 0 radical (unpaired) electrons. The molecule has 2 rings (SSSR count). The van der Waals surface area contributed by atoms with Crippen LogP contribution in [-0.2, 0) is 6.54 Å². The average Bonchev–Trinajstić information content (AvgIpc) is 2.80. The molecule has 2 aromatic rings. The van der Waals surface area contributed by atoms with Crippen LogP contribution in [0.5, 0.6) is 5.75 Å². The van der Waals surface area contributed by atoms with Crippen LogP contribution in [-0.4, -0.2) is 21.6 Å². The molecule has 0 saturated carbocycles. The summed E-state index contributed by atoms with van der Waals surface area (Å²) in [5.41, 5.74) is 6.39. The van der Waals surface area contributed by atoms with Crippen LogP contribution in [0.4, 0.5) is 4.39 Å². The molecule has 5 nitrogen and oxygen atoms in total. The molecule has 1 unspecified atom stereocenters. The number of nitrogens with two attached hydrogens (primary N) is 1. The highest BCUT2D eigenvalue weighted by Crippen LogP contribution is 2.15. The first-order valence-electron chi connectivity index (χ1n) is 5.70. The van der Waals surface area contributed by atoms with Crippen molar-refractivity contribution in [2.24, 2.45) is 5.73 Å². The summed E-state index contributed by atoms with van der Waals surface area (Å²) in [4.78, 5) is 0. The highest BCUT2D eigenvalue weighted by molar-refractivity contribution is 5.23. The van der Waals surface area contributed by atoms with Crippen molar-refractivity contribution in [2.75, 3.05) is 6.61 Å². The fourth-order valence-corrected chi connectivity index (χ4v) is 1.44. The van der Waals surface area contributed by atoms with Crippen LogP contribution in [0, 0.1) is 5.82 Å². The Bertz CT molecular complexity index is 512. The van der Waals surface area contributed by atoms with Crippen LogP contribution in [0.2, 0.25) is 0 Å². The molecular weight excluding hydrogens is 235 g/mol. The van der Waals surface area contributed by atoms with Gasteiger partial charge in [0.25, 0.3) is 0 Å². The molecule has 0 aliphatic carbocycles. The van der Waals surface area contributed by atoms with Crippen LogP contribution < -0.4 is 10.5 Å². The highest BCUT2D eigenvalue weighted by Gasteiger charge is 2.05. The Morgan fingerprint density at radius 3 is 2.89 bits per heavy atom.